The summed E-state index contributed by atoms with van der Waals surface area (Å²) in [6.45, 7) is 9.01. The maximum atomic E-state index is 13.4. The molecular formula is C27H51N9O7. The molecule has 0 saturated carbocycles. The number of nitrogens with one attached hydrogen (secondary N) is 4. The van der Waals surface area contributed by atoms with Crippen molar-refractivity contribution in [2.75, 3.05) is 13.1 Å². The van der Waals surface area contributed by atoms with Gasteiger partial charge in [0.2, 0.25) is 23.6 Å². The highest BCUT2D eigenvalue weighted by atomic mass is 16.4. The van der Waals surface area contributed by atoms with Crippen LogP contribution in [0.1, 0.15) is 73.1 Å². The number of hydrogen-bond acceptors (Lipinski definition) is 9. The molecule has 0 aromatic carbocycles. The van der Waals surface area contributed by atoms with Crippen LogP contribution in [-0.4, -0.2) is 89.7 Å². The molecule has 0 spiro atoms. The second kappa shape index (κ2) is 20.2. The summed E-state index contributed by atoms with van der Waals surface area (Å²) >= 11 is 0. The third-order valence-corrected chi connectivity index (χ3v) is 6.21. The number of ketones is 1. The van der Waals surface area contributed by atoms with Crippen molar-refractivity contribution < 1.29 is 33.9 Å². The van der Waals surface area contributed by atoms with E-state index >= 15 is 0 Å². The first-order chi connectivity index (χ1) is 20.0. The van der Waals surface area contributed by atoms with Crippen LogP contribution in [-0.2, 0) is 28.8 Å². The van der Waals surface area contributed by atoms with Crippen LogP contribution >= 0.6 is 0 Å². The predicted molar refractivity (Wildman–Crippen MR) is 161 cm³/mol. The standard InChI is InChI=1S/C27H51N9O7/c1-14(2)11-17(29)24(41)33-16(5)23(40)34-18(7-6-10-32-27(30)31)25(42)36-20(12-15(3)4)26(43)35-19(13-22(38)39)21(37)8-9-28/h14-20H,6-13,28-29H2,1-5H3,(H,33,41)(H,34,40)(H,35,43)(H,36,42)(H,38,39)(H4,30,31,32). The molecule has 5 unspecified atom stereocenters. The number of carboxylic acids is 1. The summed E-state index contributed by atoms with van der Waals surface area (Å²) < 4.78 is 0. The van der Waals surface area contributed by atoms with Gasteiger partial charge in [-0.25, -0.2) is 0 Å². The molecule has 0 aromatic heterocycles. The van der Waals surface area contributed by atoms with Gasteiger partial charge in [-0.15, -0.1) is 0 Å². The zero-order valence-corrected chi connectivity index (χ0v) is 25.9. The number of Topliss-reactive ketones (excluding diaryl/α,β-unsaturated/α-hetero) is 1. The fourth-order valence-corrected chi connectivity index (χ4v) is 4.05. The monoisotopic (exact) mass is 613 g/mol. The van der Waals surface area contributed by atoms with Gasteiger partial charge in [0.15, 0.2) is 11.7 Å². The zero-order chi connectivity index (χ0) is 33.3. The van der Waals surface area contributed by atoms with Gasteiger partial charge < -0.3 is 49.3 Å². The number of nitrogens with zero attached hydrogens (tertiary/aromatic N) is 1. The second-order valence-electron chi connectivity index (χ2n) is 11.3. The van der Waals surface area contributed by atoms with Gasteiger partial charge in [0.25, 0.3) is 0 Å². The lowest BCUT2D eigenvalue weighted by Gasteiger charge is -2.26. The number of hydrogen-bond donors (Lipinski definition) is 9. The first-order valence-electron chi connectivity index (χ1n) is 14.4. The number of carbonyl (C=O) groups excluding carboxylic acids is 5. The van der Waals surface area contributed by atoms with Crippen LogP contribution in [0.15, 0.2) is 4.99 Å². The lowest BCUT2D eigenvalue weighted by atomic mass is 10.00. The topological polar surface area (TPSA) is 287 Å². The highest BCUT2D eigenvalue weighted by molar-refractivity contribution is 5.96. The van der Waals surface area contributed by atoms with E-state index in [0.29, 0.717) is 6.42 Å². The van der Waals surface area contributed by atoms with E-state index in [4.69, 9.17) is 22.9 Å². The number of nitrogens with two attached hydrogens (primary N) is 4. The highest BCUT2D eigenvalue weighted by Crippen LogP contribution is 2.09. The molecule has 0 aliphatic heterocycles. The summed E-state index contributed by atoms with van der Waals surface area (Å²) in [5, 5.41) is 19.4. The number of aliphatic imine (C=N–C) groups is 1. The summed E-state index contributed by atoms with van der Waals surface area (Å²) in [7, 11) is 0. The summed E-state index contributed by atoms with van der Waals surface area (Å²) in [5.74, 6) is -4.57. The van der Waals surface area contributed by atoms with Gasteiger partial charge in [0, 0.05) is 13.0 Å². The Morgan fingerprint density at radius 3 is 1.79 bits per heavy atom. The summed E-state index contributed by atoms with van der Waals surface area (Å²) in [5.41, 5.74) is 22.0. The van der Waals surface area contributed by atoms with Gasteiger partial charge in [-0.05, 0) is 51.0 Å². The summed E-state index contributed by atoms with van der Waals surface area (Å²) in [4.78, 5) is 79.5. The van der Waals surface area contributed by atoms with Crippen LogP contribution in [0, 0.1) is 11.8 Å². The number of carboxylic acid groups (broad SMARTS) is 1. The summed E-state index contributed by atoms with van der Waals surface area (Å²) in [6, 6.07) is -5.48. The van der Waals surface area contributed by atoms with E-state index in [-0.39, 0.29) is 56.6 Å². The number of rotatable bonds is 21. The molecule has 5 atom stereocenters. The minimum absolute atomic E-state index is 0.0270. The van der Waals surface area contributed by atoms with Crippen LogP contribution in [0.3, 0.4) is 0 Å². The van der Waals surface area contributed by atoms with E-state index in [2.05, 4.69) is 26.3 Å². The van der Waals surface area contributed by atoms with Crippen molar-refractivity contribution in [2.45, 2.75) is 103 Å². The Morgan fingerprint density at radius 2 is 1.28 bits per heavy atom. The van der Waals surface area contributed by atoms with Crippen LogP contribution in [0.25, 0.3) is 0 Å². The van der Waals surface area contributed by atoms with Gasteiger partial charge in [0.1, 0.15) is 18.1 Å². The Labute approximate surface area is 252 Å². The van der Waals surface area contributed by atoms with E-state index < -0.39 is 72.0 Å². The maximum absolute atomic E-state index is 13.4. The number of carbonyl (C=O) groups is 6. The molecule has 0 heterocycles. The van der Waals surface area contributed by atoms with E-state index in [0.717, 1.165) is 0 Å². The average Bonchev–Trinajstić information content (AvgIpc) is 2.88. The third kappa shape index (κ3) is 17.0. The van der Waals surface area contributed by atoms with Gasteiger partial charge in [0.05, 0.1) is 18.5 Å². The molecule has 0 saturated heterocycles. The quantitative estimate of drug-likeness (QED) is 0.0380. The lowest BCUT2D eigenvalue weighted by molar-refractivity contribution is -0.140. The first-order valence-corrected chi connectivity index (χ1v) is 14.4. The molecule has 0 aliphatic rings. The van der Waals surface area contributed by atoms with Gasteiger partial charge in [-0.3, -0.25) is 33.8 Å². The minimum atomic E-state index is -1.33. The highest BCUT2D eigenvalue weighted by Gasteiger charge is 2.31. The molecule has 0 bridgehead atoms. The molecule has 0 radical (unpaired) electrons. The molecule has 0 fully saturated rings. The van der Waals surface area contributed by atoms with Crippen molar-refractivity contribution in [3.63, 3.8) is 0 Å². The number of guanidine groups is 1. The first kappa shape index (κ1) is 39.2. The smallest absolute Gasteiger partial charge is 0.305 e. The van der Waals surface area contributed by atoms with Crippen molar-refractivity contribution in [1.82, 2.24) is 21.3 Å². The molecule has 16 nitrogen and oxygen atoms in total. The Hall–Kier alpha value is -3.79. The van der Waals surface area contributed by atoms with Crippen molar-refractivity contribution in [3.05, 3.63) is 0 Å². The van der Waals surface area contributed by atoms with Crippen LogP contribution in [0.5, 0.6) is 0 Å². The average molecular weight is 614 g/mol. The van der Waals surface area contributed by atoms with E-state index in [1.165, 1.54) is 6.92 Å². The van der Waals surface area contributed by atoms with Gasteiger partial charge >= 0.3 is 5.97 Å². The predicted octanol–water partition coefficient (Wildman–Crippen LogP) is -2.19. The fraction of sp³-hybridized carbons (Fsp3) is 0.741. The lowest BCUT2D eigenvalue weighted by Crippen LogP contribution is -2.58. The normalized spacial score (nSPS) is 14.5. The second-order valence-corrected chi connectivity index (χ2v) is 11.3. The van der Waals surface area contributed by atoms with Crippen molar-refractivity contribution >= 4 is 41.3 Å². The Balaban J connectivity index is 5.83. The molecule has 13 N–H and O–H groups in total. The Morgan fingerprint density at radius 1 is 0.744 bits per heavy atom. The summed E-state index contributed by atoms with van der Waals surface area (Å²) in [6.07, 6.45) is 0.138. The van der Waals surface area contributed by atoms with E-state index in [1.807, 2.05) is 27.7 Å². The molecule has 0 aromatic rings. The molecule has 43 heavy (non-hydrogen) atoms. The number of aliphatic carboxylic acids is 1. The molecule has 4 amide bonds. The molecule has 0 aliphatic carbocycles. The van der Waals surface area contributed by atoms with Crippen LogP contribution in [0.2, 0.25) is 0 Å². The Bertz CT molecular complexity index is 984. The van der Waals surface area contributed by atoms with Gasteiger partial charge in [-0.1, -0.05) is 27.7 Å². The van der Waals surface area contributed by atoms with Crippen LogP contribution in [0.4, 0.5) is 0 Å². The zero-order valence-electron chi connectivity index (χ0n) is 25.9. The van der Waals surface area contributed by atoms with E-state index in [1.54, 1.807) is 0 Å². The van der Waals surface area contributed by atoms with Crippen molar-refractivity contribution in [2.24, 2.45) is 39.8 Å². The SMILES string of the molecule is CC(C)CC(N)C(=O)NC(C)C(=O)NC(CCCN=C(N)N)C(=O)NC(CC(C)C)C(=O)NC(CC(=O)O)C(=O)CCN. The Kier molecular flexibility index (Phi) is 18.4. The molecular weight excluding hydrogens is 562 g/mol. The maximum Gasteiger partial charge on any atom is 0.305 e. The van der Waals surface area contributed by atoms with Crippen LogP contribution < -0.4 is 44.2 Å². The van der Waals surface area contributed by atoms with Crippen molar-refractivity contribution in [1.29, 1.82) is 0 Å². The fourth-order valence-electron chi connectivity index (χ4n) is 4.05. The largest absolute Gasteiger partial charge is 0.481 e. The third-order valence-electron chi connectivity index (χ3n) is 6.21. The molecule has 246 valence electrons. The number of amides is 4. The minimum Gasteiger partial charge on any atom is -0.481 e. The van der Waals surface area contributed by atoms with Crippen molar-refractivity contribution in [3.8, 4) is 0 Å². The van der Waals surface area contributed by atoms with E-state index in [9.17, 15) is 33.9 Å². The molecule has 0 rings (SSSR count). The van der Waals surface area contributed by atoms with Gasteiger partial charge in [-0.2, -0.15) is 0 Å². The molecule has 16 heteroatoms.